The molecule has 1 saturated heterocycles. The minimum absolute atomic E-state index is 0.0172. The van der Waals surface area contributed by atoms with E-state index in [1.54, 1.807) is 36.4 Å². The maximum Gasteiger partial charge on any atom is 0.435 e. The fourth-order valence-corrected chi connectivity index (χ4v) is 6.57. The van der Waals surface area contributed by atoms with E-state index in [-0.39, 0.29) is 58.3 Å². The van der Waals surface area contributed by atoms with Crippen molar-refractivity contribution in [3.8, 4) is 16.9 Å². The molecule has 50 heavy (non-hydrogen) atoms. The second kappa shape index (κ2) is 13.3. The molecule has 3 heterocycles. The molecule has 2 aliphatic heterocycles. The molecule has 0 unspecified atom stereocenters. The predicted octanol–water partition coefficient (Wildman–Crippen LogP) is 4.45. The largest absolute Gasteiger partial charge is 0.569 e. The summed E-state index contributed by atoms with van der Waals surface area (Å²) in [6.07, 6.45) is -4.53. The molecule has 0 spiro atoms. The lowest BCUT2D eigenvalue weighted by Crippen LogP contribution is -2.44. The van der Waals surface area contributed by atoms with Gasteiger partial charge in [0.1, 0.15) is 0 Å². The van der Waals surface area contributed by atoms with Crippen LogP contribution in [0.1, 0.15) is 44.8 Å². The fourth-order valence-electron chi connectivity index (χ4n) is 5.53. The Balaban J connectivity index is 1.05. The lowest BCUT2D eigenvalue weighted by Gasteiger charge is -2.27. The average Bonchev–Trinajstić information content (AvgIpc) is 3.65. The molecule has 6 rings (SSSR count). The Morgan fingerprint density at radius 1 is 1.00 bits per heavy atom. The molecule has 1 aromatic heterocycles. The van der Waals surface area contributed by atoms with E-state index in [0.717, 1.165) is 33.3 Å². The molecular formula is C32H28F3N7O7S. The summed E-state index contributed by atoms with van der Waals surface area (Å²) in [6, 6.07) is 18.8. The number of halogens is 3. The first-order chi connectivity index (χ1) is 23.7. The Labute approximate surface area is 282 Å². The van der Waals surface area contributed by atoms with E-state index in [1.165, 1.54) is 29.3 Å². The molecule has 0 bridgehead atoms. The van der Waals surface area contributed by atoms with Crippen LogP contribution in [0.4, 0.5) is 13.2 Å². The lowest BCUT2D eigenvalue weighted by atomic mass is 9.97. The number of alkyl halides is 3. The molecular weight excluding hydrogens is 683 g/mol. The smallest absolute Gasteiger partial charge is 0.435 e. The van der Waals surface area contributed by atoms with Crippen molar-refractivity contribution in [1.82, 2.24) is 24.4 Å². The van der Waals surface area contributed by atoms with E-state index in [0.29, 0.717) is 5.56 Å². The zero-order chi connectivity index (χ0) is 35.8. The molecule has 1 N–H and O–H groups in total. The van der Waals surface area contributed by atoms with Crippen LogP contribution in [-0.2, 0) is 25.8 Å². The number of aryl methyl sites for hydroxylation is 1. The molecule has 3 amide bonds. The Morgan fingerprint density at radius 2 is 1.60 bits per heavy atom. The number of rotatable bonds is 9. The third-order valence-corrected chi connectivity index (χ3v) is 9.61. The number of fused-ring (bicyclic) bond motifs is 1. The minimum Gasteiger partial charge on any atom is -0.569 e. The third-order valence-electron chi connectivity index (χ3n) is 8.25. The summed E-state index contributed by atoms with van der Waals surface area (Å²) in [7, 11) is -4.36. The normalized spacial score (nSPS) is 15.7. The van der Waals surface area contributed by atoms with Gasteiger partial charge in [0.2, 0.25) is 17.9 Å². The van der Waals surface area contributed by atoms with Crippen molar-refractivity contribution in [2.24, 2.45) is 11.2 Å². The van der Waals surface area contributed by atoms with Crippen LogP contribution in [0.2, 0.25) is 0 Å². The predicted molar refractivity (Wildman–Crippen MR) is 167 cm³/mol. The standard InChI is InChI=1S/C32H28F3N7O7S/c1-20-6-8-21(9-7-20)27-18-28(32(33,34)35)36-41(27)23-10-12-24(13-11-23)50(47,48)37-29(43)22-14-16-39(17-15-22)42(46)38-49-19-40-30(44)25-4-2-3-5-26(25)31(40)45/h2-13,18,22H,14-17,19H2,1H3,(H,37,43)/b42-38+. The number of aromatic nitrogens is 2. The number of hydrazine groups is 1. The lowest BCUT2D eigenvalue weighted by molar-refractivity contribution is -0.713. The second-order valence-corrected chi connectivity index (χ2v) is 13.2. The Kier molecular flexibility index (Phi) is 9.04. The number of sulfonamides is 1. The molecule has 0 aliphatic carbocycles. The van der Waals surface area contributed by atoms with Crippen molar-refractivity contribution < 1.29 is 45.8 Å². The van der Waals surface area contributed by atoms with Crippen molar-refractivity contribution in [3.63, 3.8) is 0 Å². The summed E-state index contributed by atoms with van der Waals surface area (Å²) >= 11 is 0. The van der Waals surface area contributed by atoms with Gasteiger partial charge in [-0.2, -0.15) is 18.3 Å². The number of imide groups is 1. The number of hydrogen-bond donors (Lipinski definition) is 1. The topological polar surface area (TPSA) is 169 Å². The molecule has 3 aromatic carbocycles. The van der Waals surface area contributed by atoms with E-state index >= 15 is 0 Å². The summed E-state index contributed by atoms with van der Waals surface area (Å²) in [6.45, 7) is 1.28. The number of benzene rings is 3. The van der Waals surface area contributed by atoms with Crippen LogP contribution >= 0.6 is 0 Å². The molecule has 14 nitrogen and oxygen atoms in total. The maximum atomic E-state index is 13.6. The van der Waals surface area contributed by atoms with E-state index in [2.05, 4.69) is 10.4 Å². The highest BCUT2D eigenvalue weighted by atomic mass is 32.2. The van der Waals surface area contributed by atoms with Crippen LogP contribution < -0.4 is 4.72 Å². The molecule has 18 heteroatoms. The van der Waals surface area contributed by atoms with Crippen LogP contribution in [0.5, 0.6) is 0 Å². The number of carbonyl (C=O) groups excluding carboxylic acids is 3. The number of carbonyl (C=O) groups is 3. The Morgan fingerprint density at radius 3 is 2.18 bits per heavy atom. The summed E-state index contributed by atoms with van der Waals surface area (Å²) in [5, 5.41) is 20.7. The number of nitrogens with one attached hydrogen (secondary N) is 1. The summed E-state index contributed by atoms with van der Waals surface area (Å²) in [4.78, 5) is 43.3. The fraction of sp³-hybridized carbons (Fsp3) is 0.250. The van der Waals surface area contributed by atoms with Crippen molar-refractivity contribution in [2.45, 2.75) is 30.8 Å². The molecule has 0 saturated carbocycles. The zero-order valence-electron chi connectivity index (χ0n) is 26.2. The quantitative estimate of drug-likeness (QED) is 0.114. The van der Waals surface area contributed by atoms with Crippen LogP contribution in [0.25, 0.3) is 16.9 Å². The molecule has 0 radical (unpaired) electrons. The van der Waals surface area contributed by atoms with Gasteiger partial charge in [-0.1, -0.05) is 42.0 Å². The molecule has 260 valence electrons. The van der Waals surface area contributed by atoms with Gasteiger partial charge >= 0.3 is 6.18 Å². The first-order valence-corrected chi connectivity index (χ1v) is 16.6. The van der Waals surface area contributed by atoms with Crippen LogP contribution in [0.15, 0.2) is 89.0 Å². The summed E-state index contributed by atoms with van der Waals surface area (Å²) < 4.78 is 69.8. The van der Waals surface area contributed by atoms with Crippen molar-refractivity contribution >= 4 is 27.7 Å². The van der Waals surface area contributed by atoms with E-state index in [4.69, 9.17) is 4.84 Å². The minimum atomic E-state index is -4.71. The highest BCUT2D eigenvalue weighted by molar-refractivity contribution is 7.90. The van der Waals surface area contributed by atoms with Crippen molar-refractivity contribution in [2.75, 3.05) is 19.8 Å². The van der Waals surface area contributed by atoms with Crippen LogP contribution in [-0.4, -0.2) is 70.6 Å². The van der Waals surface area contributed by atoms with Gasteiger partial charge in [-0.15, -0.1) is 5.01 Å². The monoisotopic (exact) mass is 711 g/mol. The summed E-state index contributed by atoms with van der Waals surface area (Å²) in [5.74, 6) is -2.73. The van der Waals surface area contributed by atoms with Gasteiger partial charge in [0.05, 0.1) is 45.5 Å². The number of hydrogen-bond acceptors (Lipinski definition) is 9. The van der Waals surface area contributed by atoms with Gasteiger partial charge in [0, 0.05) is 11.5 Å². The first kappa shape index (κ1) is 34.1. The molecule has 1 fully saturated rings. The van der Waals surface area contributed by atoms with Crippen molar-refractivity contribution in [1.29, 1.82) is 0 Å². The second-order valence-electron chi connectivity index (χ2n) is 11.6. The Bertz CT molecular complexity index is 2060. The Hall–Kier alpha value is -5.78. The van der Waals surface area contributed by atoms with Crippen molar-refractivity contribution in [3.05, 3.63) is 106 Å². The molecule has 0 atom stereocenters. The van der Waals surface area contributed by atoms with Gasteiger partial charge in [0.25, 0.3) is 21.8 Å². The van der Waals surface area contributed by atoms with Crippen LogP contribution in [0.3, 0.4) is 0 Å². The number of amides is 3. The van der Waals surface area contributed by atoms with Gasteiger partial charge in [-0.05, 0) is 62.2 Å². The highest BCUT2D eigenvalue weighted by Gasteiger charge is 2.37. The first-order valence-electron chi connectivity index (χ1n) is 15.1. The third kappa shape index (κ3) is 6.87. The van der Waals surface area contributed by atoms with Gasteiger partial charge in [0.15, 0.2) is 5.69 Å². The maximum absolute atomic E-state index is 13.6. The SMILES string of the molecule is Cc1ccc(-c2cc(C(F)(F)F)nn2-c2ccc(S(=O)(=O)NC(=O)C3CCN(/[N+]([O-])=N\OCN4C(=O)c5ccccc5C4=O)CC3)cc2)cc1. The van der Waals surface area contributed by atoms with E-state index < -0.39 is 52.3 Å². The van der Waals surface area contributed by atoms with Gasteiger partial charge in [-0.3, -0.25) is 14.4 Å². The van der Waals surface area contributed by atoms with Gasteiger partial charge < -0.3 is 10.0 Å². The average molecular weight is 712 g/mol. The van der Waals surface area contributed by atoms with Gasteiger partial charge in [-0.25, -0.2) is 22.7 Å². The summed E-state index contributed by atoms with van der Waals surface area (Å²) in [5.41, 5.74) is 0.987. The van der Waals surface area contributed by atoms with E-state index in [1.807, 2.05) is 11.6 Å². The highest BCUT2D eigenvalue weighted by Crippen LogP contribution is 2.33. The molecule has 2 aliphatic rings. The number of piperidine rings is 1. The zero-order valence-corrected chi connectivity index (χ0v) is 27.0. The number of nitrogens with zero attached hydrogens (tertiary/aromatic N) is 6. The van der Waals surface area contributed by atoms with E-state index in [9.17, 15) is 41.2 Å². The molecule has 4 aromatic rings. The van der Waals surface area contributed by atoms with Crippen LogP contribution in [0, 0.1) is 18.0 Å².